The fourth-order valence-electron chi connectivity index (χ4n) is 0.976. The van der Waals surface area contributed by atoms with Crippen LogP contribution in [-0.4, -0.2) is 27.4 Å². The number of hydrogen-bond acceptors (Lipinski definition) is 4. The summed E-state index contributed by atoms with van der Waals surface area (Å²) in [5.41, 5.74) is 10.8. The maximum atomic E-state index is 10.7. The van der Waals surface area contributed by atoms with Crippen LogP contribution in [0.2, 0.25) is 0 Å². The van der Waals surface area contributed by atoms with Gasteiger partial charge in [0.1, 0.15) is 0 Å². The van der Waals surface area contributed by atoms with Gasteiger partial charge in [0.15, 0.2) is 5.69 Å². The van der Waals surface area contributed by atoms with E-state index in [1.807, 2.05) is 0 Å². The zero-order chi connectivity index (χ0) is 9.84. The van der Waals surface area contributed by atoms with E-state index < -0.39 is 5.91 Å². The quantitative estimate of drug-likeness (QED) is 0.554. The smallest absolute Gasteiger partial charge is 0.271 e. The largest absolute Gasteiger partial charge is 0.396 e. The minimum Gasteiger partial charge on any atom is -0.396 e. The molecule has 0 radical (unpaired) electrons. The van der Waals surface area contributed by atoms with E-state index in [4.69, 9.17) is 16.6 Å². The van der Waals surface area contributed by atoms with Crippen molar-refractivity contribution < 1.29 is 9.90 Å². The van der Waals surface area contributed by atoms with Crippen LogP contribution >= 0.6 is 0 Å². The molecule has 6 nitrogen and oxygen atoms in total. The summed E-state index contributed by atoms with van der Waals surface area (Å²) in [4.78, 5) is 10.7. The van der Waals surface area contributed by atoms with Crippen LogP contribution in [-0.2, 0) is 6.54 Å². The van der Waals surface area contributed by atoms with Crippen LogP contribution in [0.25, 0.3) is 0 Å². The van der Waals surface area contributed by atoms with Crippen molar-refractivity contribution in [1.29, 1.82) is 0 Å². The summed E-state index contributed by atoms with van der Waals surface area (Å²) in [7, 11) is 0. The Morgan fingerprint density at radius 3 is 2.85 bits per heavy atom. The SMILES string of the molecule is NC(=O)c1nn(CCCO)cc1N. The third-order valence-electron chi connectivity index (χ3n) is 1.57. The standard InChI is InChI=1S/C7H12N4O2/c8-5-4-11(2-1-3-12)10-6(5)7(9)13/h4,12H,1-3,8H2,(H2,9,13). The van der Waals surface area contributed by atoms with Gasteiger partial charge in [-0.2, -0.15) is 5.10 Å². The molecule has 0 atom stereocenters. The van der Waals surface area contributed by atoms with Crippen molar-refractivity contribution in [3.8, 4) is 0 Å². The zero-order valence-electron chi connectivity index (χ0n) is 7.10. The molecule has 0 saturated heterocycles. The molecule has 6 heteroatoms. The molecule has 0 aliphatic carbocycles. The fraction of sp³-hybridized carbons (Fsp3) is 0.429. The third kappa shape index (κ3) is 2.19. The van der Waals surface area contributed by atoms with E-state index in [1.165, 1.54) is 10.9 Å². The van der Waals surface area contributed by atoms with Gasteiger partial charge in [-0.3, -0.25) is 9.48 Å². The second-order valence-electron chi connectivity index (χ2n) is 2.64. The summed E-state index contributed by atoms with van der Waals surface area (Å²) in [6.45, 7) is 0.597. The minimum atomic E-state index is -0.639. The lowest BCUT2D eigenvalue weighted by Crippen LogP contribution is -2.14. The summed E-state index contributed by atoms with van der Waals surface area (Å²) in [6, 6.07) is 0. The van der Waals surface area contributed by atoms with Gasteiger partial charge in [0.05, 0.1) is 5.69 Å². The van der Waals surface area contributed by atoms with E-state index in [1.54, 1.807) is 0 Å². The Labute approximate surface area is 75.1 Å². The molecule has 13 heavy (non-hydrogen) atoms. The first-order chi connectivity index (χ1) is 6.15. The topological polar surface area (TPSA) is 107 Å². The number of nitrogens with zero attached hydrogens (tertiary/aromatic N) is 2. The number of aryl methyl sites for hydroxylation is 1. The number of amides is 1. The third-order valence-corrected chi connectivity index (χ3v) is 1.57. The predicted octanol–water partition coefficient (Wildman–Crippen LogP) is -1.05. The molecule has 0 spiro atoms. The molecule has 0 unspecified atom stereocenters. The molecule has 1 aromatic rings. The Morgan fingerprint density at radius 1 is 1.69 bits per heavy atom. The highest BCUT2D eigenvalue weighted by atomic mass is 16.3. The van der Waals surface area contributed by atoms with E-state index in [-0.39, 0.29) is 18.0 Å². The lowest BCUT2D eigenvalue weighted by molar-refractivity contribution is 0.0995. The van der Waals surface area contributed by atoms with Crippen molar-refractivity contribution >= 4 is 11.6 Å². The zero-order valence-corrected chi connectivity index (χ0v) is 7.10. The molecule has 1 heterocycles. The minimum absolute atomic E-state index is 0.0751. The molecule has 72 valence electrons. The van der Waals surface area contributed by atoms with E-state index >= 15 is 0 Å². The molecule has 0 saturated carbocycles. The van der Waals surface area contributed by atoms with E-state index in [0.717, 1.165) is 0 Å². The first-order valence-electron chi connectivity index (χ1n) is 3.88. The number of aromatic nitrogens is 2. The lowest BCUT2D eigenvalue weighted by Gasteiger charge is -1.96. The molecule has 5 N–H and O–H groups in total. The van der Waals surface area contributed by atoms with Crippen molar-refractivity contribution in [3.63, 3.8) is 0 Å². The number of aliphatic hydroxyl groups excluding tert-OH is 1. The van der Waals surface area contributed by atoms with Gasteiger partial charge in [-0.05, 0) is 6.42 Å². The Hall–Kier alpha value is -1.56. The Morgan fingerprint density at radius 2 is 2.38 bits per heavy atom. The van der Waals surface area contributed by atoms with E-state index in [0.29, 0.717) is 13.0 Å². The summed E-state index contributed by atoms with van der Waals surface area (Å²) >= 11 is 0. The number of aliphatic hydroxyl groups is 1. The van der Waals surface area contributed by atoms with Gasteiger partial charge in [-0.15, -0.1) is 0 Å². The summed E-state index contributed by atoms with van der Waals surface area (Å²) in [5.74, 6) is -0.639. The van der Waals surface area contributed by atoms with Crippen LogP contribution in [0.3, 0.4) is 0 Å². The number of anilines is 1. The van der Waals surface area contributed by atoms with Crippen LogP contribution in [0.5, 0.6) is 0 Å². The summed E-state index contributed by atoms with van der Waals surface area (Å²) in [6.07, 6.45) is 2.09. The van der Waals surface area contributed by atoms with Crippen molar-refractivity contribution in [1.82, 2.24) is 9.78 Å². The second kappa shape index (κ2) is 3.90. The molecule has 0 aliphatic rings. The number of primary amides is 1. The van der Waals surface area contributed by atoms with Gasteiger partial charge in [-0.25, -0.2) is 0 Å². The first kappa shape index (κ1) is 9.53. The number of nitrogens with two attached hydrogens (primary N) is 2. The number of hydrogen-bond donors (Lipinski definition) is 3. The molecule has 0 fully saturated rings. The molecule has 1 aromatic heterocycles. The van der Waals surface area contributed by atoms with Crippen LogP contribution in [0.15, 0.2) is 6.20 Å². The molecule has 1 rings (SSSR count). The lowest BCUT2D eigenvalue weighted by atomic mass is 10.4. The fourth-order valence-corrected chi connectivity index (χ4v) is 0.976. The molecular formula is C7H12N4O2. The van der Waals surface area contributed by atoms with Crippen LogP contribution in [0.4, 0.5) is 5.69 Å². The highest BCUT2D eigenvalue weighted by Gasteiger charge is 2.10. The number of carbonyl (C=O) groups excluding carboxylic acids is 1. The molecule has 1 amide bonds. The van der Waals surface area contributed by atoms with E-state index in [2.05, 4.69) is 5.10 Å². The van der Waals surface area contributed by atoms with Crippen molar-refractivity contribution in [2.24, 2.45) is 5.73 Å². The number of rotatable bonds is 4. The maximum absolute atomic E-state index is 10.7. The Balaban J connectivity index is 2.76. The van der Waals surface area contributed by atoms with Gasteiger partial charge < -0.3 is 16.6 Å². The summed E-state index contributed by atoms with van der Waals surface area (Å²) in [5, 5.41) is 12.4. The average molecular weight is 184 g/mol. The van der Waals surface area contributed by atoms with Gasteiger partial charge in [0, 0.05) is 19.3 Å². The second-order valence-corrected chi connectivity index (χ2v) is 2.64. The van der Waals surface area contributed by atoms with Crippen molar-refractivity contribution in [2.75, 3.05) is 12.3 Å². The van der Waals surface area contributed by atoms with Gasteiger partial charge >= 0.3 is 0 Å². The van der Waals surface area contributed by atoms with Crippen LogP contribution < -0.4 is 11.5 Å². The monoisotopic (exact) mass is 184 g/mol. The highest BCUT2D eigenvalue weighted by molar-refractivity contribution is 5.95. The van der Waals surface area contributed by atoms with Crippen LogP contribution in [0.1, 0.15) is 16.9 Å². The summed E-state index contributed by atoms with van der Waals surface area (Å²) < 4.78 is 1.49. The number of carbonyl (C=O) groups is 1. The first-order valence-corrected chi connectivity index (χ1v) is 3.88. The van der Waals surface area contributed by atoms with Gasteiger partial charge in [0.2, 0.25) is 0 Å². The predicted molar refractivity (Wildman–Crippen MR) is 46.9 cm³/mol. The molecule has 0 bridgehead atoms. The maximum Gasteiger partial charge on any atom is 0.271 e. The van der Waals surface area contributed by atoms with Crippen LogP contribution in [0, 0.1) is 0 Å². The van der Waals surface area contributed by atoms with E-state index in [9.17, 15) is 4.79 Å². The van der Waals surface area contributed by atoms with Gasteiger partial charge in [-0.1, -0.05) is 0 Å². The highest BCUT2D eigenvalue weighted by Crippen LogP contribution is 2.07. The van der Waals surface area contributed by atoms with Crippen molar-refractivity contribution in [3.05, 3.63) is 11.9 Å². The molecular weight excluding hydrogens is 172 g/mol. The molecule has 0 aliphatic heterocycles. The normalized spacial score (nSPS) is 10.2. The van der Waals surface area contributed by atoms with Gasteiger partial charge in [0.25, 0.3) is 5.91 Å². The van der Waals surface area contributed by atoms with Crippen molar-refractivity contribution in [2.45, 2.75) is 13.0 Å². The average Bonchev–Trinajstić information content (AvgIpc) is 2.43. The number of nitrogen functional groups attached to an aromatic ring is 1. The Kier molecular flexibility index (Phi) is 2.86. The molecule has 0 aromatic carbocycles. The Bertz CT molecular complexity index is 307.